The summed E-state index contributed by atoms with van der Waals surface area (Å²) in [5, 5.41) is 0.946. The molecule has 2 aromatic heterocycles. The number of thiol groups is 1. The molecular weight excluding hydrogens is 268 g/mol. The molecule has 1 unspecified atom stereocenters. The normalized spacial score (nSPS) is 20.6. The van der Waals surface area contributed by atoms with E-state index in [0.29, 0.717) is 6.61 Å². The summed E-state index contributed by atoms with van der Waals surface area (Å²) in [6, 6.07) is 2.01. The molecular formula is C11H14N4OS2. The lowest BCUT2D eigenvalue weighted by molar-refractivity contribution is 0.0993. The van der Waals surface area contributed by atoms with Crippen LogP contribution in [0.1, 0.15) is 0 Å². The van der Waals surface area contributed by atoms with Gasteiger partial charge in [0, 0.05) is 25.0 Å². The van der Waals surface area contributed by atoms with Crippen LogP contribution in [-0.4, -0.2) is 45.8 Å². The Labute approximate surface area is 115 Å². The van der Waals surface area contributed by atoms with E-state index in [1.54, 1.807) is 18.0 Å². The summed E-state index contributed by atoms with van der Waals surface area (Å²) in [5.74, 6) is 0.945. The third-order valence-electron chi connectivity index (χ3n) is 2.90. The first kappa shape index (κ1) is 12.1. The molecule has 7 heteroatoms. The number of imidazole rings is 1. The Morgan fingerprint density at radius 3 is 3.22 bits per heavy atom. The Balaban J connectivity index is 2.00. The fraction of sp³-hybridized carbons (Fsp3) is 0.455. The smallest absolute Gasteiger partial charge is 0.175 e. The van der Waals surface area contributed by atoms with E-state index in [0.717, 1.165) is 29.7 Å². The highest BCUT2D eigenvalue weighted by molar-refractivity contribution is 7.98. The maximum absolute atomic E-state index is 5.43. The zero-order valence-corrected chi connectivity index (χ0v) is 11.7. The minimum atomic E-state index is -0.0470. The number of thioether (sulfide) groups is 1. The van der Waals surface area contributed by atoms with E-state index in [2.05, 4.69) is 27.5 Å². The summed E-state index contributed by atoms with van der Waals surface area (Å²) in [4.78, 5) is 11.2. The quantitative estimate of drug-likeness (QED) is 0.514. The molecule has 96 valence electrons. The van der Waals surface area contributed by atoms with Crippen molar-refractivity contribution < 1.29 is 4.74 Å². The highest BCUT2D eigenvalue weighted by Gasteiger charge is 2.19. The predicted molar refractivity (Wildman–Crippen MR) is 75.7 cm³/mol. The van der Waals surface area contributed by atoms with Crippen molar-refractivity contribution in [2.45, 2.75) is 10.6 Å². The summed E-state index contributed by atoms with van der Waals surface area (Å²) in [6.45, 7) is 2.28. The van der Waals surface area contributed by atoms with Crippen molar-refractivity contribution in [2.75, 3.05) is 30.9 Å². The van der Waals surface area contributed by atoms with Crippen LogP contribution in [0.15, 0.2) is 23.6 Å². The van der Waals surface area contributed by atoms with Crippen molar-refractivity contribution in [1.29, 1.82) is 0 Å². The van der Waals surface area contributed by atoms with E-state index in [4.69, 9.17) is 4.74 Å². The van der Waals surface area contributed by atoms with E-state index >= 15 is 0 Å². The van der Waals surface area contributed by atoms with Gasteiger partial charge in [-0.15, -0.1) is 12.6 Å². The molecule has 0 saturated carbocycles. The molecule has 18 heavy (non-hydrogen) atoms. The number of aromatic nitrogens is 3. The third-order valence-corrected chi connectivity index (χ3v) is 3.86. The molecule has 0 aromatic carbocycles. The van der Waals surface area contributed by atoms with E-state index in [9.17, 15) is 0 Å². The van der Waals surface area contributed by atoms with Crippen molar-refractivity contribution in [1.82, 2.24) is 14.4 Å². The average molecular weight is 282 g/mol. The number of morpholine rings is 1. The summed E-state index contributed by atoms with van der Waals surface area (Å²) in [5.41, 5.74) is 0.876. The van der Waals surface area contributed by atoms with Crippen molar-refractivity contribution in [3.05, 3.63) is 18.5 Å². The van der Waals surface area contributed by atoms with Gasteiger partial charge in [0.05, 0.1) is 13.2 Å². The number of fused-ring (bicyclic) bond motifs is 1. The van der Waals surface area contributed by atoms with Crippen LogP contribution in [0.4, 0.5) is 5.82 Å². The maximum Gasteiger partial charge on any atom is 0.175 e. The number of nitrogens with zero attached hydrogens (tertiary/aromatic N) is 4. The Morgan fingerprint density at radius 1 is 1.56 bits per heavy atom. The molecule has 1 aliphatic rings. The second kappa shape index (κ2) is 4.99. The van der Waals surface area contributed by atoms with Crippen molar-refractivity contribution >= 4 is 35.9 Å². The van der Waals surface area contributed by atoms with Crippen LogP contribution in [0.2, 0.25) is 0 Å². The molecule has 0 spiro atoms. The van der Waals surface area contributed by atoms with Gasteiger partial charge in [0.1, 0.15) is 16.9 Å². The number of ether oxygens (including phenoxy) is 1. The van der Waals surface area contributed by atoms with Crippen LogP contribution in [0.25, 0.3) is 5.65 Å². The molecule has 1 fully saturated rings. The zero-order valence-electron chi connectivity index (χ0n) is 9.98. The van der Waals surface area contributed by atoms with Gasteiger partial charge < -0.3 is 9.64 Å². The van der Waals surface area contributed by atoms with Crippen LogP contribution in [-0.2, 0) is 4.74 Å². The van der Waals surface area contributed by atoms with Gasteiger partial charge in [0.2, 0.25) is 0 Å². The van der Waals surface area contributed by atoms with Crippen LogP contribution >= 0.6 is 24.4 Å². The van der Waals surface area contributed by atoms with Crippen LogP contribution in [0, 0.1) is 0 Å². The van der Waals surface area contributed by atoms with Crippen molar-refractivity contribution in [3.63, 3.8) is 0 Å². The number of hydrogen-bond donors (Lipinski definition) is 1. The molecule has 0 radical (unpaired) electrons. The Bertz CT molecular complexity index is 559. The Morgan fingerprint density at radius 2 is 2.44 bits per heavy atom. The highest BCUT2D eigenvalue weighted by Crippen LogP contribution is 2.22. The van der Waals surface area contributed by atoms with Crippen molar-refractivity contribution in [2.24, 2.45) is 0 Å². The fourth-order valence-electron chi connectivity index (χ4n) is 2.03. The van der Waals surface area contributed by atoms with Crippen molar-refractivity contribution in [3.8, 4) is 0 Å². The second-order valence-corrected chi connectivity index (χ2v) is 5.38. The predicted octanol–water partition coefficient (Wildman–Crippen LogP) is 1.54. The first-order valence-electron chi connectivity index (χ1n) is 5.70. The van der Waals surface area contributed by atoms with Gasteiger partial charge in [-0.05, 0) is 6.26 Å². The second-order valence-electron chi connectivity index (χ2n) is 4.03. The average Bonchev–Trinajstić information content (AvgIpc) is 2.85. The SMILES string of the molecule is CSc1nc(N2CCOC(S)C2)cc2nccn12. The summed E-state index contributed by atoms with van der Waals surface area (Å²) in [6.07, 6.45) is 5.74. The largest absolute Gasteiger partial charge is 0.364 e. The summed E-state index contributed by atoms with van der Waals surface area (Å²) >= 11 is 5.98. The minimum Gasteiger partial charge on any atom is -0.364 e. The van der Waals surface area contributed by atoms with Crippen LogP contribution in [0.3, 0.4) is 0 Å². The number of rotatable bonds is 2. The Kier molecular flexibility index (Phi) is 3.36. The topological polar surface area (TPSA) is 42.7 Å². The third kappa shape index (κ3) is 2.17. The Hall–Kier alpha value is -0.920. The van der Waals surface area contributed by atoms with Crippen LogP contribution in [0.5, 0.6) is 0 Å². The molecule has 0 aliphatic carbocycles. The molecule has 1 aliphatic heterocycles. The molecule has 3 heterocycles. The molecule has 0 amide bonds. The lowest BCUT2D eigenvalue weighted by atomic mass is 10.4. The number of anilines is 1. The number of hydrogen-bond acceptors (Lipinski definition) is 6. The van der Waals surface area contributed by atoms with E-state index in [-0.39, 0.29) is 5.44 Å². The zero-order chi connectivity index (χ0) is 12.5. The standard InChI is InChI=1S/C11H14N4OS2/c1-18-11-13-9(6-8-12-2-3-15(8)11)14-4-5-16-10(17)7-14/h2-3,6,10,17H,4-5,7H2,1H3. The lowest BCUT2D eigenvalue weighted by Gasteiger charge is -2.31. The maximum atomic E-state index is 5.43. The first-order chi connectivity index (χ1) is 8.78. The van der Waals surface area contributed by atoms with Crippen LogP contribution < -0.4 is 4.90 Å². The minimum absolute atomic E-state index is 0.0470. The first-order valence-corrected chi connectivity index (χ1v) is 7.45. The lowest BCUT2D eigenvalue weighted by Crippen LogP contribution is -2.40. The van der Waals surface area contributed by atoms with E-state index < -0.39 is 0 Å². The van der Waals surface area contributed by atoms with Gasteiger partial charge >= 0.3 is 0 Å². The molecule has 1 saturated heterocycles. The van der Waals surface area contributed by atoms with Gasteiger partial charge in [-0.1, -0.05) is 11.8 Å². The fourth-order valence-corrected chi connectivity index (χ4v) is 2.87. The van der Waals surface area contributed by atoms with E-state index in [1.807, 2.05) is 22.9 Å². The molecule has 2 aromatic rings. The van der Waals surface area contributed by atoms with E-state index in [1.165, 1.54) is 0 Å². The van der Waals surface area contributed by atoms with Gasteiger partial charge in [-0.2, -0.15) is 0 Å². The molecule has 5 nitrogen and oxygen atoms in total. The molecule has 1 atom stereocenters. The van der Waals surface area contributed by atoms with Gasteiger partial charge in [-0.3, -0.25) is 4.40 Å². The molecule has 0 bridgehead atoms. The highest BCUT2D eigenvalue weighted by atomic mass is 32.2. The molecule has 3 rings (SSSR count). The summed E-state index contributed by atoms with van der Waals surface area (Å²) < 4.78 is 7.42. The monoisotopic (exact) mass is 282 g/mol. The van der Waals surface area contributed by atoms with Gasteiger partial charge in [0.25, 0.3) is 0 Å². The van der Waals surface area contributed by atoms with Gasteiger partial charge in [0.15, 0.2) is 5.16 Å². The van der Waals surface area contributed by atoms with Gasteiger partial charge in [-0.25, -0.2) is 9.97 Å². The summed E-state index contributed by atoms with van der Waals surface area (Å²) in [7, 11) is 0. The molecule has 0 N–H and O–H groups in total.